The van der Waals surface area contributed by atoms with Crippen LogP contribution in [0.2, 0.25) is 0 Å². The Balaban J connectivity index is 2.11. The minimum absolute atomic E-state index is 0.219. The van der Waals surface area contributed by atoms with Crippen molar-refractivity contribution in [2.24, 2.45) is 0 Å². The highest BCUT2D eigenvalue weighted by Crippen LogP contribution is 2.15. The molecule has 1 N–H and O–H groups in total. The second-order valence-electron chi connectivity index (χ2n) is 5.31. The molecule has 2 aromatic carbocycles. The summed E-state index contributed by atoms with van der Waals surface area (Å²) in [5.41, 5.74) is 2.01. The minimum Gasteiger partial charge on any atom is -0.342 e. The molecule has 1 atom stereocenters. The fourth-order valence-corrected chi connectivity index (χ4v) is 2.51. The zero-order valence-corrected chi connectivity index (χ0v) is 13.7. The number of nitrogens with zero attached hydrogens (tertiary/aromatic N) is 1. The molecule has 0 aliphatic rings. The van der Waals surface area contributed by atoms with Crippen LogP contribution in [0.1, 0.15) is 25.8 Å². The number of anilines is 1. The van der Waals surface area contributed by atoms with E-state index in [1.807, 2.05) is 30.3 Å². The third kappa shape index (κ3) is 4.53. The number of para-hydroxylation sites is 1. The summed E-state index contributed by atoms with van der Waals surface area (Å²) in [6, 6.07) is 16.8. The largest absolute Gasteiger partial charge is 0.342 e. The quantitative estimate of drug-likeness (QED) is 0.796. The predicted molar refractivity (Wildman–Crippen MR) is 94.4 cm³/mol. The van der Waals surface area contributed by atoms with Gasteiger partial charge in [0.15, 0.2) is 5.11 Å². The molecule has 22 heavy (non-hydrogen) atoms. The highest BCUT2D eigenvalue weighted by molar-refractivity contribution is 7.80. The Hall–Kier alpha value is -1.94. The van der Waals surface area contributed by atoms with E-state index in [0.717, 1.165) is 17.7 Å². The van der Waals surface area contributed by atoms with Crippen LogP contribution in [0.5, 0.6) is 0 Å². The van der Waals surface area contributed by atoms with Crippen LogP contribution in [-0.2, 0) is 6.54 Å². The van der Waals surface area contributed by atoms with Gasteiger partial charge in [0, 0.05) is 18.3 Å². The summed E-state index contributed by atoms with van der Waals surface area (Å²) in [5, 5.41) is 3.96. The number of nitrogens with one attached hydrogen (secondary N) is 1. The molecule has 0 radical (unpaired) electrons. The second-order valence-corrected chi connectivity index (χ2v) is 5.69. The minimum atomic E-state index is -0.219. The summed E-state index contributed by atoms with van der Waals surface area (Å²) < 4.78 is 13.0. The Morgan fingerprint density at radius 3 is 2.36 bits per heavy atom. The second kappa shape index (κ2) is 7.90. The van der Waals surface area contributed by atoms with Crippen molar-refractivity contribution in [3.8, 4) is 0 Å². The van der Waals surface area contributed by atoms with Gasteiger partial charge in [-0.25, -0.2) is 4.39 Å². The van der Waals surface area contributed by atoms with E-state index < -0.39 is 0 Å². The van der Waals surface area contributed by atoms with Crippen LogP contribution >= 0.6 is 12.2 Å². The van der Waals surface area contributed by atoms with Crippen molar-refractivity contribution in [2.75, 3.05) is 5.32 Å². The number of thiocarbonyl (C=S) groups is 1. The number of hydrogen-bond acceptors (Lipinski definition) is 1. The van der Waals surface area contributed by atoms with Gasteiger partial charge in [0.2, 0.25) is 0 Å². The summed E-state index contributed by atoms with van der Waals surface area (Å²) in [4.78, 5) is 2.13. The van der Waals surface area contributed by atoms with Crippen molar-refractivity contribution in [2.45, 2.75) is 32.9 Å². The topological polar surface area (TPSA) is 15.3 Å². The Morgan fingerprint density at radius 1 is 1.14 bits per heavy atom. The normalized spacial score (nSPS) is 11.8. The first-order valence-corrected chi connectivity index (χ1v) is 7.88. The lowest BCUT2D eigenvalue weighted by molar-refractivity contribution is 0.319. The molecule has 2 nitrogen and oxygen atoms in total. The molecule has 0 spiro atoms. The van der Waals surface area contributed by atoms with Gasteiger partial charge in [-0.15, -0.1) is 0 Å². The van der Waals surface area contributed by atoms with E-state index in [1.54, 1.807) is 12.1 Å². The van der Waals surface area contributed by atoms with Crippen LogP contribution in [0.3, 0.4) is 0 Å². The van der Waals surface area contributed by atoms with Gasteiger partial charge in [-0.3, -0.25) is 0 Å². The third-order valence-corrected chi connectivity index (χ3v) is 4.01. The van der Waals surface area contributed by atoms with Gasteiger partial charge >= 0.3 is 0 Å². The molecule has 2 rings (SSSR count). The van der Waals surface area contributed by atoms with Gasteiger partial charge in [0.1, 0.15) is 5.82 Å². The van der Waals surface area contributed by atoms with Gasteiger partial charge in [-0.05, 0) is 55.4 Å². The van der Waals surface area contributed by atoms with Crippen molar-refractivity contribution in [3.05, 3.63) is 66.0 Å². The standard InChI is InChI=1S/C18H21FN2S/c1-3-14(2)21(13-15-9-11-16(19)12-10-15)18(22)20-17-7-5-4-6-8-17/h4-12,14H,3,13H2,1-2H3,(H,20,22). The maximum atomic E-state index is 13.0. The van der Waals surface area contributed by atoms with Crippen molar-refractivity contribution in [3.63, 3.8) is 0 Å². The number of halogens is 1. The van der Waals surface area contributed by atoms with E-state index in [0.29, 0.717) is 17.7 Å². The molecular weight excluding hydrogens is 295 g/mol. The molecule has 0 amide bonds. The molecule has 0 fully saturated rings. The average Bonchev–Trinajstić information content (AvgIpc) is 2.54. The Kier molecular flexibility index (Phi) is 5.90. The van der Waals surface area contributed by atoms with Gasteiger partial charge < -0.3 is 10.2 Å². The first-order chi connectivity index (χ1) is 10.6. The third-order valence-electron chi connectivity index (χ3n) is 3.67. The lowest BCUT2D eigenvalue weighted by Crippen LogP contribution is -2.40. The number of rotatable bonds is 5. The van der Waals surface area contributed by atoms with Crippen LogP contribution in [0.25, 0.3) is 0 Å². The molecular formula is C18H21FN2S. The van der Waals surface area contributed by atoms with E-state index in [1.165, 1.54) is 12.1 Å². The molecule has 1 unspecified atom stereocenters. The fourth-order valence-electron chi connectivity index (χ4n) is 2.15. The molecule has 4 heteroatoms. The summed E-state index contributed by atoms with van der Waals surface area (Å²) in [6.45, 7) is 4.93. The molecule has 2 aromatic rings. The number of hydrogen-bond donors (Lipinski definition) is 1. The molecule has 0 saturated carbocycles. The van der Waals surface area contributed by atoms with Crippen molar-refractivity contribution >= 4 is 23.0 Å². The van der Waals surface area contributed by atoms with Crippen molar-refractivity contribution in [1.29, 1.82) is 0 Å². The Bertz CT molecular complexity index is 598. The summed E-state index contributed by atoms with van der Waals surface area (Å²) in [5.74, 6) is -0.219. The van der Waals surface area contributed by atoms with E-state index >= 15 is 0 Å². The summed E-state index contributed by atoms with van der Waals surface area (Å²) in [7, 11) is 0. The first kappa shape index (κ1) is 16.4. The maximum Gasteiger partial charge on any atom is 0.173 e. The van der Waals surface area contributed by atoms with Crippen LogP contribution < -0.4 is 5.32 Å². The van der Waals surface area contributed by atoms with Crippen LogP contribution in [0, 0.1) is 5.82 Å². The zero-order valence-electron chi connectivity index (χ0n) is 12.9. The highest BCUT2D eigenvalue weighted by Gasteiger charge is 2.16. The Labute approximate surface area is 137 Å². The molecule has 0 aliphatic carbocycles. The van der Waals surface area contributed by atoms with Gasteiger partial charge in [-0.1, -0.05) is 37.3 Å². The lowest BCUT2D eigenvalue weighted by atomic mass is 10.1. The SMILES string of the molecule is CCC(C)N(Cc1ccc(F)cc1)C(=S)Nc1ccccc1. The maximum absolute atomic E-state index is 13.0. The molecule has 0 bridgehead atoms. The zero-order chi connectivity index (χ0) is 15.9. The highest BCUT2D eigenvalue weighted by atomic mass is 32.1. The van der Waals surface area contributed by atoms with Crippen LogP contribution in [0.15, 0.2) is 54.6 Å². The fraction of sp³-hybridized carbons (Fsp3) is 0.278. The molecule has 0 saturated heterocycles. The van der Waals surface area contributed by atoms with E-state index in [4.69, 9.17) is 12.2 Å². The summed E-state index contributed by atoms with van der Waals surface area (Å²) in [6.07, 6.45) is 0.984. The first-order valence-electron chi connectivity index (χ1n) is 7.47. The van der Waals surface area contributed by atoms with Crippen molar-refractivity contribution in [1.82, 2.24) is 4.90 Å². The van der Waals surface area contributed by atoms with Gasteiger partial charge in [0.25, 0.3) is 0 Å². The molecule has 116 valence electrons. The average molecular weight is 316 g/mol. The Morgan fingerprint density at radius 2 is 1.77 bits per heavy atom. The van der Waals surface area contributed by atoms with E-state index in [-0.39, 0.29) is 5.82 Å². The van der Waals surface area contributed by atoms with Gasteiger partial charge in [-0.2, -0.15) is 0 Å². The molecule has 0 heterocycles. The smallest absolute Gasteiger partial charge is 0.173 e. The predicted octanol–water partition coefficient (Wildman–Crippen LogP) is 4.82. The van der Waals surface area contributed by atoms with E-state index in [9.17, 15) is 4.39 Å². The summed E-state index contributed by atoms with van der Waals surface area (Å²) >= 11 is 5.57. The monoisotopic (exact) mass is 316 g/mol. The molecule has 0 aliphatic heterocycles. The van der Waals surface area contributed by atoms with Crippen LogP contribution in [-0.4, -0.2) is 16.1 Å². The van der Waals surface area contributed by atoms with E-state index in [2.05, 4.69) is 24.1 Å². The van der Waals surface area contributed by atoms with Gasteiger partial charge in [0.05, 0.1) is 0 Å². The van der Waals surface area contributed by atoms with Crippen LogP contribution in [0.4, 0.5) is 10.1 Å². The number of benzene rings is 2. The molecule has 0 aromatic heterocycles. The van der Waals surface area contributed by atoms with Crippen molar-refractivity contribution < 1.29 is 4.39 Å². The lowest BCUT2D eigenvalue weighted by Gasteiger charge is -2.31.